The van der Waals surface area contributed by atoms with Gasteiger partial charge in [-0.1, -0.05) is 72.3 Å². The molecule has 1 heterocycles. The van der Waals surface area contributed by atoms with Crippen LogP contribution in [0, 0.1) is 0 Å². The number of hydrogen-bond donors (Lipinski definition) is 1. The molecule has 0 aliphatic heterocycles. The number of amides is 1. The van der Waals surface area contributed by atoms with Crippen molar-refractivity contribution in [1.29, 1.82) is 0 Å². The summed E-state index contributed by atoms with van der Waals surface area (Å²) in [6.45, 7) is 0.631. The largest absolute Gasteiger partial charge is 0.356 e. The second-order valence-corrected chi connectivity index (χ2v) is 8.04. The highest BCUT2D eigenvalue weighted by atomic mass is 35.5. The van der Waals surface area contributed by atoms with E-state index in [4.69, 9.17) is 11.6 Å². The normalized spacial score (nSPS) is 12.1. The first-order valence-electron chi connectivity index (χ1n) is 10.2. The lowest BCUT2D eigenvalue weighted by atomic mass is 9.88. The van der Waals surface area contributed by atoms with Crippen LogP contribution in [0.4, 0.5) is 0 Å². The van der Waals surface area contributed by atoms with Gasteiger partial charge in [-0.2, -0.15) is 0 Å². The van der Waals surface area contributed by atoms with Gasteiger partial charge in [0.1, 0.15) is 0 Å². The fourth-order valence-corrected chi connectivity index (χ4v) is 4.13. The summed E-state index contributed by atoms with van der Waals surface area (Å²) in [5, 5.41) is 4.97. The maximum atomic E-state index is 12.9. The summed E-state index contributed by atoms with van der Waals surface area (Å²) in [7, 11) is 2.05. The summed E-state index contributed by atoms with van der Waals surface area (Å²) >= 11 is 6.11. The van der Waals surface area contributed by atoms with Crippen LogP contribution >= 0.6 is 11.6 Å². The summed E-state index contributed by atoms with van der Waals surface area (Å²) in [6, 6.07) is 26.4. The highest BCUT2D eigenvalue weighted by Crippen LogP contribution is 2.34. The Morgan fingerprint density at radius 2 is 1.67 bits per heavy atom. The third-order valence-electron chi connectivity index (χ3n) is 5.54. The van der Waals surface area contributed by atoms with Crippen LogP contribution in [0.3, 0.4) is 0 Å². The van der Waals surface area contributed by atoms with Gasteiger partial charge >= 0.3 is 0 Å². The zero-order valence-corrected chi connectivity index (χ0v) is 17.8. The van der Waals surface area contributed by atoms with Crippen LogP contribution in [-0.4, -0.2) is 17.0 Å². The minimum Gasteiger partial charge on any atom is -0.356 e. The molecule has 0 radical (unpaired) electrons. The third kappa shape index (κ3) is 4.58. The molecule has 0 unspecified atom stereocenters. The lowest BCUT2D eigenvalue weighted by Gasteiger charge is -2.17. The predicted octanol–water partition coefficient (Wildman–Crippen LogP) is 5.71. The van der Waals surface area contributed by atoms with Crippen LogP contribution in [0.1, 0.15) is 29.0 Å². The summed E-state index contributed by atoms with van der Waals surface area (Å²) in [5.41, 5.74) is 4.64. The van der Waals surface area contributed by atoms with Gasteiger partial charge in [0.15, 0.2) is 0 Å². The highest BCUT2D eigenvalue weighted by Gasteiger charge is 2.22. The number of nitrogens with zero attached hydrogens (tertiary/aromatic N) is 1. The van der Waals surface area contributed by atoms with Crippen LogP contribution < -0.4 is 5.32 Å². The van der Waals surface area contributed by atoms with Crippen molar-refractivity contribution >= 4 is 28.4 Å². The van der Waals surface area contributed by atoms with E-state index in [2.05, 4.69) is 40.3 Å². The fraction of sp³-hybridized carbons (Fsp3) is 0.192. The van der Waals surface area contributed by atoms with Gasteiger partial charge in [0, 0.05) is 48.1 Å². The number of aromatic nitrogens is 1. The fourth-order valence-electron chi connectivity index (χ4n) is 4.00. The first-order chi connectivity index (χ1) is 14.6. The lowest BCUT2D eigenvalue weighted by molar-refractivity contribution is -0.121. The Bertz CT molecular complexity index is 1130. The molecular formula is C26H25ClN2O. The maximum Gasteiger partial charge on any atom is 0.220 e. The average molecular weight is 417 g/mol. The van der Waals surface area contributed by atoms with Crippen molar-refractivity contribution in [2.24, 2.45) is 7.05 Å². The Hall–Kier alpha value is -3.04. The van der Waals surface area contributed by atoms with Gasteiger partial charge in [0.2, 0.25) is 5.91 Å². The van der Waals surface area contributed by atoms with Crippen LogP contribution in [0.2, 0.25) is 5.02 Å². The number of hydrogen-bond acceptors (Lipinski definition) is 1. The zero-order chi connectivity index (χ0) is 20.9. The average Bonchev–Trinajstić information content (AvgIpc) is 3.10. The summed E-state index contributed by atoms with van der Waals surface area (Å²) < 4.78 is 2.13. The Balaban J connectivity index is 1.56. The molecule has 0 aliphatic rings. The molecular weight excluding hydrogens is 392 g/mol. The number of rotatable bonds is 7. The highest BCUT2D eigenvalue weighted by molar-refractivity contribution is 6.30. The molecule has 4 rings (SSSR count). The molecule has 4 heteroatoms. The molecule has 1 aromatic heterocycles. The number of nitrogens with one attached hydrogen (secondary N) is 1. The number of para-hydroxylation sites is 1. The van der Waals surface area contributed by atoms with Gasteiger partial charge < -0.3 is 9.88 Å². The van der Waals surface area contributed by atoms with Crippen molar-refractivity contribution in [3.63, 3.8) is 0 Å². The van der Waals surface area contributed by atoms with Gasteiger partial charge in [-0.3, -0.25) is 4.79 Å². The van der Waals surface area contributed by atoms with E-state index in [1.165, 1.54) is 10.9 Å². The first kappa shape index (κ1) is 20.2. The molecule has 0 saturated carbocycles. The van der Waals surface area contributed by atoms with E-state index in [0.717, 1.165) is 23.1 Å². The second kappa shape index (κ2) is 9.19. The SMILES string of the molecule is Cn1cc([C@@H](CC(=O)NCCc2ccccc2)c2ccc(Cl)cc2)c2ccccc21. The number of carbonyl (C=O) groups is 1. The molecule has 0 saturated heterocycles. The quantitative estimate of drug-likeness (QED) is 0.411. The van der Waals surface area contributed by atoms with E-state index in [0.29, 0.717) is 18.0 Å². The lowest BCUT2D eigenvalue weighted by Crippen LogP contribution is -2.27. The minimum absolute atomic E-state index is 0.0370. The number of benzene rings is 3. The zero-order valence-electron chi connectivity index (χ0n) is 17.0. The molecule has 3 nitrogen and oxygen atoms in total. The van der Waals surface area contributed by atoms with E-state index in [1.807, 2.05) is 61.6 Å². The second-order valence-electron chi connectivity index (χ2n) is 7.61. The van der Waals surface area contributed by atoms with Crippen molar-refractivity contribution in [1.82, 2.24) is 9.88 Å². The number of aryl methyl sites for hydroxylation is 1. The molecule has 0 bridgehead atoms. The van der Waals surface area contributed by atoms with Crippen LogP contribution in [0.5, 0.6) is 0 Å². The maximum absolute atomic E-state index is 12.9. The summed E-state index contributed by atoms with van der Waals surface area (Å²) in [6.07, 6.45) is 3.36. The van der Waals surface area contributed by atoms with Crippen molar-refractivity contribution in [2.75, 3.05) is 6.54 Å². The summed E-state index contributed by atoms with van der Waals surface area (Å²) in [5.74, 6) is 0.0175. The van der Waals surface area contributed by atoms with E-state index in [-0.39, 0.29) is 11.8 Å². The van der Waals surface area contributed by atoms with Crippen LogP contribution in [0.25, 0.3) is 10.9 Å². The van der Waals surface area contributed by atoms with Gasteiger partial charge in [-0.25, -0.2) is 0 Å². The Labute approximate surface area is 182 Å². The topological polar surface area (TPSA) is 34.0 Å². The molecule has 1 amide bonds. The van der Waals surface area contributed by atoms with E-state index in [9.17, 15) is 4.79 Å². The van der Waals surface area contributed by atoms with E-state index < -0.39 is 0 Å². The molecule has 0 aliphatic carbocycles. The van der Waals surface area contributed by atoms with Crippen molar-refractivity contribution in [2.45, 2.75) is 18.8 Å². The Kier molecular flexibility index (Phi) is 6.20. The van der Waals surface area contributed by atoms with Crippen molar-refractivity contribution < 1.29 is 4.79 Å². The van der Waals surface area contributed by atoms with Crippen molar-refractivity contribution in [3.05, 3.63) is 107 Å². The van der Waals surface area contributed by atoms with Gasteiger partial charge in [-0.15, -0.1) is 0 Å². The Morgan fingerprint density at radius 1 is 0.967 bits per heavy atom. The molecule has 0 spiro atoms. The first-order valence-corrected chi connectivity index (χ1v) is 10.6. The molecule has 4 aromatic rings. The van der Waals surface area contributed by atoms with Crippen LogP contribution in [-0.2, 0) is 18.3 Å². The van der Waals surface area contributed by atoms with Gasteiger partial charge in [0.05, 0.1) is 0 Å². The van der Waals surface area contributed by atoms with Crippen LogP contribution in [0.15, 0.2) is 85.1 Å². The third-order valence-corrected chi connectivity index (χ3v) is 5.80. The molecule has 0 fully saturated rings. The number of halogens is 1. The van der Waals surface area contributed by atoms with E-state index >= 15 is 0 Å². The molecule has 30 heavy (non-hydrogen) atoms. The van der Waals surface area contributed by atoms with E-state index in [1.54, 1.807) is 0 Å². The van der Waals surface area contributed by atoms with Crippen molar-refractivity contribution in [3.8, 4) is 0 Å². The minimum atomic E-state index is -0.0370. The monoisotopic (exact) mass is 416 g/mol. The molecule has 152 valence electrons. The molecule has 3 aromatic carbocycles. The Morgan fingerprint density at radius 3 is 2.43 bits per heavy atom. The smallest absolute Gasteiger partial charge is 0.220 e. The van der Waals surface area contributed by atoms with Gasteiger partial charge in [0.25, 0.3) is 0 Å². The number of fused-ring (bicyclic) bond motifs is 1. The molecule has 1 atom stereocenters. The standard InChI is InChI=1S/C26H25ClN2O/c1-29-18-24(22-9-5-6-10-25(22)29)23(20-11-13-21(27)14-12-20)17-26(30)28-16-15-19-7-3-2-4-8-19/h2-14,18,23H,15-17H2,1H3,(H,28,30)/t23-/m0/s1. The van der Waals surface area contributed by atoms with Gasteiger partial charge in [-0.05, 0) is 41.3 Å². The number of carbonyl (C=O) groups excluding carboxylic acids is 1. The summed E-state index contributed by atoms with van der Waals surface area (Å²) in [4.78, 5) is 12.9. The molecule has 1 N–H and O–H groups in total. The predicted molar refractivity (Wildman–Crippen MR) is 124 cm³/mol.